The number of halogens is 1. The van der Waals surface area contributed by atoms with Crippen molar-refractivity contribution in [3.8, 4) is 11.1 Å². The molecule has 0 bridgehead atoms. The van der Waals surface area contributed by atoms with E-state index in [1.165, 1.54) is 6.07 Å². The van der Waals surface area contributed by atoms with Crippen LogP contribution in [0.4, 0.5) is 15.9 Å². The summed E-state index contributed by atoms with van der Waals surface area (Å²) in [4.78, 5) is 6.69. The number of pyridine rings is 1. The topological polar surface area (TPSA) is 51.4 Å². The Kier molecular flexibility index (Phi) is 3.78. The lowest BCUT2D eigenvalue weighted by Crippen LogP contribution is -2.36. The third kappa shape index (κ3) is 2.67. The van der Waals surface area contributed by atoms with Crippen molar-refractivity contribution in [2.45, 2.75) is 0 Å². The summed E-state index contributed by atoms with van der Waals surface area (Å²) in [6, 6.07) is 14.5. The molecule has 0 saturated carbocycles. The Balaban J connectivity index is 1.81. The Morgan fingerprint density at radius 3 is 2.62 bits per heavy atom. The summed E-state index contributed by atoms with van der Waals surface area (Å²) in [5.74, 6) is 0.289. The summed E-state index contributed by atoms with van der Waals surface area (Å²) >= 11 is 0. The van der Waals surface area contributed by atoms with E-state index in [0.29, 0.717) is 24.6 Å². The average Bonchev–Trinajstić information content (AvgIpc) is 2.62. The minimum absolute atomic E-state index is 0.228. The second-order valence-corrected chi connectivity index (χ2v) is 5.88. The zero-order chi connectivity index (χ0) is 16.5. The smallest absolute Gasteiger partial charge is 0.147 e. The maximum atomic E-state index is 14.1. The van der Waals surface area contributed by atoms with Gasteiger partial charge in [-0.1, -0.05) is 24.3 Å². The summed E-state index contributed by atoms with van der Waals surface area (Å²) in [6.45, 7) is 2.97. The highest BCUT2D eigenvalue weighted by atomic mass is 19.1. The van der Waals surface area contributed by atoms with Gasteiger partial charge >= 0.3 is 0 Å². The Morgan fingerprint density at radius 1 is 1.04 bits per heavy atom. The molecule has 0 spiro atoms. The summed E-state index contributed by atoms with van der Waals surface area (Å²) in [6.07, 6.45) is 0. The fourth-order valence-corrected chi connectivity index (χ4v) is 3.10. The van der Waals surface area contributed by atoms with E-state index >= 15 is 0 Å². The molecule has 0 unspecified atom stereocenters. The van der Waals surface area contributed by atoms with E-state index in [2.05, 4.69) is 9.88 Å². The summed E-state index contributed by atoms with van der Waals surface area (Å²) in [7, 11) is 0. The Labute approximate surface area is 139 Å². The lowest BCUT2D eigenvalue weighted by Gasteiger charge is -2.29. The lowest BCUT2D eigenvalue weighted by molar-refractivity contribution is 0.123. The third-order valence-electron chi connectivity index (χ3n) is 4.36. The average molecular weight is 323 g/mol. The first kappa shape index (κ1) is 14.9. The first-order valence-electron chi connectivity index (χ1n) is 8.00. The van der Waals surface area contributed by atoms with E-state index in [9.17, 15) is 4.39 Å². The molecule has 4 rings (SSSR count). The number of ether oxygens (including phenoxy) is 1. The first-order chi connectivity index (χ1) is 11.7. The molecule has 1 aliphatic rings. The second kappa shape index (κ2) is 6.09. The Bertz CT molecular complexity index is 891. The largest absolute Gasteiger partial charge is 0.382 e. The van der Waals surface area contributed by atoms with Gasteiger partial charge in [-0.2, -0.15) is 0 Å². The molecule has 2 heterocycles. The number of fused-ring (bicyclic) bond motifs is 1. The summed E-state index contributed by atoms with van der Waals surface area (Å²) < 4.78 is 19.4. The van der Waals surface area contributed by atoms with E-state index in [1.54, 1.807) is 12.1 Å². The molecule has 0 aliphatic carbocycles. The van der Waals surface area contributed by atoms with Crippen molar-refractivity contribution < 1.29 is 9.13 Å². The van der Waals surface area contributed by atoms with Gasteiger partial charge in [-0.25, -0.2) is 9.37 Å². The highest BCUT2D eigenvalue weighted by Crippen LogP contribution is 2.31. The number of morpholine rings is 1. The van der Waals surface area contributed by atoms with Crippen molar-refractivity contribution in [1.82, 2.24) is 4.98 Å². The van der Waals surface area contributed by atoms with Crippen molar-refractivity contribution >= 4 is 22.4 Å². The van der Waals surface area contributed by atoms with Gasteiger partial charge in [0.1, 0.15) is 11.6 Å². The highest BCUT2D eigenvalue weighted by Gasteiger charge is 2.16. The minimum Gasteiger partial charge on any atom is -0.382 e. The number of rotatable bonds is 2. The van der Waals surface area contributed by atoms with Crippen LogP contribution in [0.2, 0.25) is 0 Å². The molecule has 2 aromatic carbocycles. The van der Waals surface area contributed by atoms with Gasteiger partial charge in [-0.3, -0.25) is 0 Å². The number of nitrogen functional groups attached to an aromatic ring is 1. The van der Waals surface area contributed by atoms with E-state index in [4.69, 9.17) is 10.5 Å². The molecule has 3 aromatic rings. The number of hydrogen-bond acceptors (Lipinski definition) is 4. The van der Waals surface area contributed by atoms with Crippen LogP contribution >= 0.6 is 0 Å². The third-order valence-corrected chi connectivity index (χ3v) is 4.36. The number of aromatic nitrogens is 1. The summed E-state index contributed by atoms with van der Waals surface area (Å²) in [5.41, 5.74) is 9.28. The van der Waals surface area contributed by atoms with Crippen LogP contribution in [0.5, 0.6) is 0 Å². The van der Waals surface area contributed by atoms with Crippen LogP contribution < -0.4 is 10.6 Å². The molecule has 0 radical (unpaired) electrons. The van der Waals surface area contributed by atoms with Crippen LogP contribution in [0.15, 0.2) is 48.5 Å². The quantitative estimate of drug-likeness (QED) is 0.785. The van der Waals surface area contributed by atoms with Gasteiger partial charge in [0.25, 0.3) is 0 Å². The molecule has 1 aromatic heterocycles. The van der Waals surface area contributed by atoms with Crippen molar-refractivity contribution in [3.63, 3.8) is 0 Å². The van der Waals surface area contributed by atoms with Crippen LogP contribution in [-0.2, 0) is 4.74 Å². The highest BCUT2D eigenvalue weighted by molar-refractivity contribution is 5.90. The normalized spacial score (nSPS) is 15.0. The molecular formula is C19H18FN3O. The zero-order valence-electron chi connectivity index (χ0n) is 13.2. The molecule has 4 nitrogen and oxygen atoms in total. The van der Waals surface area contributed by atoms with E-state index in [0.717, 1.165) is 35.2 Å². The molecular weight excluding hydrogens is 305 g/mol. The molecule has 0 amide bonds. The van der Waals surface area contributed by atoms with Gasteiger partial charge < -0.3 is 15.4 Å². The Morgan fingerprint density at radius 2 is 1.83 bits per heavy atom. The number of nitrogens with zero attached hydrogens (tertiary/aromatic N) is 2. The van der Waals surface area contributed by atoms with Crippen LogP contribution in [-0.4, -0.2) is 31.3 Å². The number of anilines is 2. The second-order valence-electron chi connectivity index (χ2n) is 5.88. The van der Waals surface area contributed by atoms with Crippen LogP contribution in [0, 0.1) is 5.82 Å². The van der Waals surface area contributed by atoms with E-state index < -0.39 is 0 Å². The molecule has 5 heteroatoms. The fourth-order valence-electron chi connectivity index (χ4n) is 3.10. The molecule has 1 aliphatic heterocycles. The van der Waals surface area contributed by atoms with Crippen molar-refractivity contribution in [2.24, 2.45) is 0 Å². The van der Waals surface area contributed by atoms with Gasteiger partial charge in [-0.15, -0.1) is 0 Å². The van der Waals surface area contributed by atoms with Crippen molar-refractivity contribution in [2.75, 3.05) is 36.9 Å². The van der Waals surface area contributed by atoms with Crippen molar-refractivity contribution in [1.29, 1.82) is 0 Å². The summed E-state index contributed by atoms with van der Waals surface area (Å²) in [5, 5.41) is 0.950. The molecule has 1 saturated heterocycles. The number of benzene rings is 2. The van der Waals surface area contributed by atoms with E-state index in [1.807, 2.05) is 30.3 Å². The van der Waals surface area contributed by atoms with E-state index in [-0.39, 0.29) is 5.82 Å². The minimum atomic E-state index is -0.228. The molecule has 122 valence electrons. The van der Waals surface area contributed by atoms with Gasteiger partial charge in [0.05, 0.1) is 24.4 Å². The van der Waals surface area contributed by atoms with Gasteiger partial charge in [0.2, 0.25) is 0 Å². The van der Waals surface area contributed by atoms with Gasteiger partial charge in [0.15, 0.2) is 0 Å². The van der Waals surface area contributed by atoms with Crippen LogP contribution in [0.3, 0.4) is 0 Å². The number of nitrogens with two attached hydrogens (primary N) is 1. The molecule has 24 heavy (non-hydrogen) atoms. The molecule has 0 atom stereocenters. The van der Waals surface area contributed by atoms with Crippen LogP contribution in [0.25, 0.3) is 22.0 Å². The number of hydrogen-bond donors (Lipinski definition) is 1. The zero-order valence-corrected chi connectivity index (χ0v) is 13.2. The SMILES string of the molecule is Nc1nc2ccc(-c3ccccc3F)cc2cc1N1CCOCC1. The fraction of sp³-hybridized carbons (Fsp3) is 0.211. The predicted molar refractivity (Wildman–Crippen MR) is 94.6 cm³/mol. The maximum absolute atomic E-state index is 14.1. The lowest BCUT2D eigenvalue weighted by atomic mass is 10.0. The molecule has 1 fully saturated rings. The monoisotopic (exact) mass is 323 g/mol. The van der Waals surface area contributed by atoms with Gasteiger partial charge in [-0.05, 0) is 29.8 Å². The predicted octanol–water partition coefficient (Wildman–Crippen LogP) is 3.46. The first-order valence-corrected chi connectivity index (χ1v) is 8.00. The standard InChI is InChI=1S/C19H18FN3O/c20-16-4-2-1-3-15(16)13-5-6-17-14(11-13)12-18(19(21)22-17)23-7-9-24-10-8-23/h1-6,11-12H,7-10H2,(H2,21,22). The maximum Gasteiger partial charge on any atom is 0.147 e. The van der Waals surface area contributed by atoms with Crippen molar-refractivity contribution in [3.05, 3.63) is 54.3 Å². The Hall–Kier alpha value is -2.66. The van der Waals surface area contributed by atoms with Crippen LogP contribution in [0.1, 0.15) is 0 Å². The van der Waals surface area contributed by atoms with Gasteiger partial charge in [0, 0.05) is 24.0 Å². The molecule has 2 N–H and O–H groups in total.